The van der Waals surface area contributed by atoms with Gasteiger partial charge in [0.1, 0.15) is 0 Å². The summed E-state index contributed by atoms with van der Waals surface area (Å²) in [4.78, 5) is 0. The van der Waals surface area contributed by atoms with Gasteiger partial charge in [-0.2, -0.15) is 0 Å². The van der Waals surface area contributed by atoms with Crippen molar-refractivity contribution in [1.29, 1.82) is 0 Å². The molecule has 2 saturated carbocycles. The third-order valence-corrected chi connectivity index (χ3v) is 15.9. The first-order valence-corrected chi connectivity index (χ1v) is 16.3. The summed E-state index contributed by atoms with van der Waals surface area (Å²) in [5.74, 6) is 5.64. The Morgan fingerprint density at radius 3 is 1.56 bits per heavy atom. The van der Waals surface area contributed by atoms with E-state index >= 15 is 0 Å². The molecule has 2 aliphatic carbocycles. The van der Waals surface area contributed by atoms with Gasteiger partial charge in [-0.05, 0) is 96.1 Å². The Labute approximate surface area is 204 Å². The van der Waals surface area contributed by atoms with Gasteiger partial charge in [0, 0.05) is 6.61 Å². The average molecular weight is 464 g/mol. The van der Waals surface area contributed by atoms with E-state index in [9.17, 15) is 0 Å². The van der Waals surface area contributed by atoms with Crippen LogP contribution < -0.4 is 0 Å². The van der Waals surface area contributed by atoms with Crippen molar-refractivity contribution >= 4 is 8.32 Å². The summed E-state index contributed by atoms with van der Waals surface area (Å²) >= 11 is 0. The van der Waals surface area contributed by atoms with Gasteiger partial charge >= 0.3 is 0 Å². The number of hydrogen-bond donors (Lipinski definition) is 0. The van der Waals surface area contributed by atoms with Crippen molar-refractivity contribution in [2.24, 2.45) is 41.4 Å². The summed E-state index contributed by atoms with van der Waals surface area (Å²) in [5.41, 5.74) is 1.60. The molecule has 1 nitrogen and oxygen atoms in total. The summed E-state index contributed by atoms with van der Waals surface area (Å²) in [6.07, 6.45) is 12.1. The molecule has 2 fully saturated rings. The fourth-order valence-corrected chi connectivity index (χ4v) is 15.7. The molecule has 0 aliphatic heterocycles. The Balaban J connectivity index is 2.59. The van der Waals surface area contributed by atoms with Gasteiger partial charge in [-0.1, -0.05) is 89.0 Å². The van der Waals surface area contributed by atoms with Crippen molar-refractivity contribution in [2.75, 3.05) is 6.61 Å². The maximum atomic E-state index is 7.56. The van der Waals surface area contributed by atoms with Gasteiger partial charge in [0.15, 0.2) is 0 Å². The van der Waals surface area contributed by atoms with Gasteiger partial charge < -0.3 is 4.43 Å². The molecule has 2 aliphatic rings. The van der Waals surface area contributed by atoms with E-state index in [0.29, 0.717) is 0 Å². The zero-order chi connectivity index (χ0) is 24.3. The van der Waals surface area contributed by atoms with Crippen LogP contribution in [0.1, 0.15) is 121 Å². The Kier molecular flexibility index (Phi) is 10.4. The van der Waals surface area contributed by atoms with Crippen LogP contribution in [-0.4, -0.2) is 14.9 Å². The fourth-order valence-electron chi connectivity index (χ4n) is 7.81. The Hall–Kier alpha value is 0.177. The van der Waals surface area contributed by atoms with Crippen LogP contribution in [0, 0.1) is 47.8 Å². The lowest BCUT2D eigenvalue weighted by Gasteiger charge is -2.60. The topological polar surface area (TPSA) is 9.23 Å². The summed E-state index contributed by atoms with van der Waals surface area (Å²) < 4.78 is 7.56. The zero-order valence-electron chi connectivity index (χ0n) is 23.8. The quantitative estimate of drug-likeness (QED) is 0.244. The highest BCUT2D eigenvalue weighted by atomic mass is 28.4. The predicted molar refractivity (Wildman–Crippen MR) is 145 cm³/mol. The fraction of sp³-hybridized carbons (Fsp3) is 0.967. The van der Waals surface area contributed by atoms with Crippen LogP contribution in [0.15, 0.2) is 0 Å². The molecule has 0 saturated heterocycles. The first-order valence-electron chi connectivity index (χ1n) is 14.3. The molecule has 189 valence electrons. The van der Waals surface area contributed by atoms with Crippen LogP contribution in [-0.2, 0) is 4.43 Å². The van der Waals surface area contributed by atoms with Crippen LogP contribution in [0.2, 0.25) is 16.1 Å². The smallest absolute Gasteiger partial charge is 0.204 e. The van der Waals surface area contributed by atoms with Gasteiger partial charge in [0.25, 0.3) is 0 Å². The molecule has 32 heavy (non-hydrogen) atoms. The van der Waals surface area contributed by atoms with Crippen LogP contribution in [0.4, 0.5) is 0 Å². The molecule has 2 rings (SSSR count). The van der Waals surface area contributed by atoms with Crippen LogP contribution in [0.5, 0.6) is 0 Å². The van der Waals surface area contributed by atoms with E-state index < -0.39 is 8.32 Å². The largest absolute Gasteiger partial charge is 0.415 e. The molecule has 0 amide bonds. The average Bonchev–Trinajstić information content (AvgIpc) is 2.66. The monoisotopic (exact) mass is 463 g/mol. The minimum atomic E-state index is -2.13. The Bertz CT molecular complexity index is 514. The summed E-state index contributed by atoms with van der Waals surface area (Å²) in [6.45, 7) is 28.4. The Morgan fingerprint density at radius 1 is 0.781 bits per heavy atom. The van der Waals surface area contributed by atoms with E-state index in [1.165, 1.54) is 44.9 Å². The van der Waals surface area contributed by atoms with E-state index in [0.717, 1.165) is 59.1 Å². The normalized spacial score (nSPS) is 34.3. The molecule has 0 aromatic heterocycles. The second-order valence-electron chi connectivity index (χ2n) is 14.1. The van der Waals surface area contributed by atoms with Crippen molar-refractivity contribution in [1.82, 2.24) is 0 Å². The van der Waals surface area contributed by atoms with Gasteiger partial charge in [-0.3, -0.25) is 0 Å². The van der Waals surface area contributed by atoms with Crippen molar-refractivity contribution in [3.05, 3.63) is 6.42 Å². The van der Waals surface area contributed by atoms with Crippen LogP contribution in [0.25, 0.3) is 0 Å². The third kappa shape index (κ3) is 6.44. The molecule has 1 radical (unpaired) electrons. The van der Waals surface area contributed by atoms with Crippen LogP contribution in [0.3, 0.4) is 0 Å². The van der Waals surface area contributed by atoms with E-state index in [1.54, 1.807) is 0 Å². The van der Waals surface area contributed by atoms with Crippen molar-refractivity contribution < 1.29 is 4.43 Å². The standard InChI is InChI=1S/C30H59OSi/c1-21(2)13-12-18-31-32(30(9,10)11,28-19-24(7)14-16-26(28)22(3)4)29-20-25(8)15-17-27(29)23(5)6/h12,21-29H,13-20H2,1-11H3. The SMILES string of the molecule is CC(C)C[CH]CO[Si](C1CC(C)CCC1C(C)C)(C1CC(C)CCC1C(C)C)C(C)(C)C. The van der Waals surface area contributed by atoms with E-state index in [4.69, 9.17) is 4.43 Å². The summed E-state index contributed by atoms with van der Waals surface area (Å²) in [6, 6.07) is 0. The molecule has 6 atom stereocenters. The summed E-state index contributed by atoms with van der Waals surface area (Å²) in [5, 5.41) is 0.266. The third-order valence-electron chi connectivity index (χ3n) is 9.40. The summed E-state index contributed by atoms with van der Waals surface area (Å²) in [7, 11) is -2.13. The molecule has 0 heterocycles. The second kappa shape index (κ2) is 11.7. The van der Waals surface area contributed by atoms with Crippen molar-refractivity contribution in [3.63, 3.8) is 0 Å². The minimum absolute atomic E-state index is 0.266. The lowest BCUT2D eigenvalue weighted by Crippen LogP contribution is -2.61. The molecule has 6 unspecified atom stereocenters. The minimum Gasteiger partial charge on any atom is -0.415 e. The molecular formula is C30H59OSi. The lowest BCUT2D eigenvalue weighted by atomic mass is 9.76. The molecule has 2 heteroatoms. The highest BCUT2D eigenvalue weighted by Gasteiger charge is 2.62. The maximum Gasteiger partial charge on any atom is 0.204 e. The second-order valence-corrected chi connectivity index (χ2v) is 19.0. The van der Waals surface area contributed by atoms with Crippen molar-refractivity contribution in [3.8, 4) is 0 Å². The first kappa shape index (κ1) is 28.4. The number of hydrogen-bond acceptors (Lipinski definition) is 1. The van der Waals surface area contributed by atoms with E-state index in [-0.39, 0.29) is 5.04 Å². The zero-order valence-corrected chi connectivity index (χ0v) is 24.8. The highest BCUT2D eigenvalue weighted by Crippen LogP contribution is 2.64. The molecule has 0 bridgehead atoms. The number of rotatable bonds is 9. The molecule has 0 spiro atoms. The maximum absolute atomic E-state index is 7.56. The molecular weight excluding hydrogens is 404 g/mol. The first-order chi connectivity index (χ1) is 14.8. The van der Waals surface area contributed by atoms with Gasteiger partial charge in [0.05, 0.1) is 0 Å². The van der Waals surface area contributed by atoms with E-state index in [2.05, 4.69) is 82.6 Å². The van der Waals surface area contributed by atoms with Crippen LogP contribution >= 0.6 is 0 Å². The lowest BCUT2D eigenvalue weighted by molar-refractivity contribution is 0.150. The molecule has 0 N–H and O–H groups in total. The van der Waals surface area contributed by atoms with E-state index in [1.807, 2.05) is 0 Å². The molecule has 0 aromatic carbocycles. The van der Waals surface area contributed by atoms with Gasteiger partial charge in [0.2, 0.25) is 8.32 Å². The predicted octanol–water partition coefficient (Wildman–Crippen LogP) is 9.92. The molecule has 0 aromatic rings. The van der Waals surface area contributed by atoms with Crippen molar-refractivity contribution in [2.45, 2.75) is 137 Å². The Morgan fingerprint density at radius 2 is 1.22 bits per heavy atom. The highest BCUT2D eigenvalue weighted by molar-refractivity contribution is 6.79. The van der Waals surface area contributed by atoms with Gasteiger partial charge in [-0.15, -0.1) is 0 Å². The van der Waals surface area contributed by atoms with Gasteiger partial charge in [-0.25, -0.2) is 0 Å².